The van der Waals surface area contributed by atoms with Crippen molar-refractivity contribution in [3.8, 4) is 0 Å². The van der Waals surface area contributed by atoms with E-state index in [-0.39, 0.29) is 22.9 Å². The van der Waals surface area contributed by atoms with E-state index in [0.29, 0.717) is 36.0 Å². The second-order valence-electron chi connectivity index (χ2n) is 16.9. The van der Waals surface area contributed by atoms with Gasteiger partial charge in [-0.25, -0.2) is 0 Å². The molecule has 1 aromatic rings. The van der Waals surface area contributed by atoms with E-state index in [9.17, 15) is 9.90 Å². The molecule has 3 saturated carbocycles. The fourth-order valence-electron chi connectivity index (χ4n) is 11.9. The molecule has 3 aliphatic heterocycles. The van der Waals surface area contributed by atoms with Crippen molar-refractivity contribution >= 4 is 23.4 Å². The second-order valence-corrected chi connectivity index (χ2v) is 16.9. The van der Waals surface area contributed by atoms with Gasteiger partial charge in [0.25, 0.3) is 0 Å². The number of fused-ring (bicyclic) bond motifs is 5. The minimum absolute atomic E-state index is 0.119. The van der Waals surface area contributed by atoms with Crippen LogP contribution in [0.5, 0.6) is 0 Å². The molecular formula is C38H58N6O2. The number of hydrogen-bond acceptors (Lipinski definition) is 8. The van der Waals surface area contributed by atoms with Crippen LogP contribution < -0.4 is 14.7 Å². The molecule has 0 unspecified atom stereocenters. The molecule has 8 nitrogen and oxygen atoms in total. The van der Waals surface area contributed by atoms with Crippen molar-refractivity contribution in [1.82, 2.24) is 14.9 Å². The minimum Gasteiger partial charge on any atom is -0.393 e. The SMILES string of the molecule is C[C@@H]1C[C@H]2[C@@H]3CC=C4C[C@@H](O)CC[C@]4(C)[C@H]3CC[C@]2(C)[C@H]1C(=O)CN1CCN(c2cc(N3CCCC3)nc(N3CCCC3)n2)CC1. The van der Waals surface area contributed by atoms with Crippen LogP contribution in [-0.2, 0) is 4.79 Å². The first-order valence-corrected chi connectivity index (χ1v) is 19.0. The summed E-state index contributed by atoms with van der Waals surface area (Å²) in [5, 5.41) is 10.4. The number of carbonyl (C=O) groups is 1. The van der Waals surface area contributed by atoms with E-state index in [2.05, 4.69) is 52.5 Å². The Morgan fingerprint density at radius 3 is 2.22 bits per heavy atom. The number of allylic oxidation sites excluding steroid dienone is 1. The second kappa shape index (κ2) is 12.0. The van der Waals surface area contributed by atoms with Gasteiger partial charge in [0.2, 0.25) is 5.95 Å². The van der Waals surface area contributed by atoms with E-state index in [1.807, 2.05) is 0 Å². The quantitative estimate of drug-likeness (QED) is 0.410. The number of Topliss-reactive ketones (excluding diaryl/α,β-unsaturated/α-hetero) is 1. The van der Waals surface area contributed by atoms with Gasteiger partial charge in [-0.15, -0.1) is 0 Å². The lowest BCUT2D eigenvalue weighted by molar-refractivity contribution is -0.132. The first kappa shape index (κ1) is 31.1. The predicted octanol–water partition coefficient (Wildman–Crippen LogP) is 5.55. The summed E-state index contributed by atoms with van der Waals surface area (Å²) in [5.41, 5.74) is 1.91. The third-order valence-corrected chi connectivity index (χ3v) is 14.3. The number of rotatable bonds is 6. The zero-order valence-corrected chi connectivity index (χ0v) is 28.8. The number of carbonyl (C=O) groups excluding carboxylic acids is 1. The maximum Gasteiger partial charge on any atom is 0.229 e. The third kappa shape index (κ3) is 5.28. The Bertz CT molecular complexity index is 1300. The molecule has 1 aromatic heterocycles. The van der Waals surface area contributed by atoms with Gasteiger partial charge in [-0.1, -0.05) is 32.4 Å². The lowest BCUT2D eigenvalue weighted by Gasteiger charge is -2.58. The first-order chi connectivity index (χ1) is 22.2. The number of anilines is 3. The van der Waals surface area contributed by atoms with Gasteiger partial charge in [0.1, 0.15) is 11.6 Å². The molecule has 3 saturated heterocycles. The first-order valence-electron chi connectivity index (χ1n) is 19.0. The highest BCUT2D eigenvalue weighted by Gasteiger charge is 2.61. The molecule has 4 aliphatic carbocycles. The Hall–Kier alpha value is -2.19. The highest BCUT2D eigenvalue weighted by atomic mass is 16.3. The van der Waals surface area contributed by atoms with Gasteiger partial charge in [-0.3, -0.25) is 9.69 Å². The zero-order chi connectivity index (χ0) is 31.6. The molecule has 8 atom stereocenters. The van der Waals surface area contributed by atoms with Crippen molar-refractivity contribution in [3.05, 3.63) is 17.7 Å². The Labute approximate surface area is 277 Å². The summed E-state index contributed by atoms with van der Waals surface area (Å²) in [6.07, 6.45) is 15.0. The predicted molar refractivity (Wildman–Crippen MR) is 184 cm³/mol. The molecule has 0 bridgehead atoms. The van der Waals surface area contributed by atoms with Crippen molar-refractivity contribution in [2.24, 2.45) is 40.4 Å². The average molecular weight is 631 g/mol. The molecule has 7 aliphatic rings. The van der Waals surface area contributed by atoms with Crippen LogP contribution in [0, 0.1) is 40.4 Å². The number of aliphatic hydroxyl groups is 1. The van der Waals surface area contributed by atoms with Gasteiger partial charge < -0.3 is 19.8 Å². The maximum atomic E-state index is 14.3. The number of aromatic nitrogens is 2. The van der Waals surface area contributed by atoms with Crippen LogP contribution in [0.3, 0.4) is 0 Å². The normalized spacial score (nSPS) is 39.7. The highest BCUT2D eigenvalue weighted by Crippen LogP contribution is 2.67. The fourth-order valence-corrected chi connectivity index (χ4v) is 11.9. The third-order valence-electron chi connectivity index (χ3n) is 14.3. The number of ketones is 1. The molecule has 46 heavy (non-hydrogen) atoms. The van der Waals surface area contributed by atoms with Gasteiger partial charge in [-0.05, 0) is 105 Å². The van der Waals surface area contributed by atoms with Gasteiger partial charge in [0, 0.05) is 64.3 Å². The van der Waals surface area contributed by atoms with E-state index in [0.717, 1.165) is 95.6 Å². The molecule has 0 spiro atoms. The van der Waals surface area contributed by atoms with Crippen LogP contribution in [0.2, 0.25) is 0 Å². The number of nitrogens with zero attached hydrogens (tertiary/aromatic N) is 6. The summed E-state index contributed by atoms with van der Waals surface area (Å²) in [7, 11) is 0. The van der Waals surface area contributed by atoms with E-state index in [1.165, 1.54) is 50.5 Å². The largest absolute Gasteiger partial charge is 0.393 e. The molecule has 8 rings (SSSR count). The molecule has 0 amide bonds. The van der Waals surface area contributed by atoms with Gasteiger partial charge >= 0.3 is 0 Å². The molecule has 0 radical (unpaired) electrons. The lowest BCUT2D eigenvalue weighted by Crippen LogP contribution is -2.53. The number of aliphatic hydroxyl groups excluding tert-OH is 1. The molecule has 4 heterocycles. The van der Waals surface area contributed by atoms with Crippen LogP contribution in [0.25, 0.3) is 0 Å². The van der Waals surface area contributed by atoms with Crippen molar-refractivity contribution < 1.29 is 9.90 Å². The van der Waals surface area contributed by atoms with E-state index < -0.39 is 0 Å². The smallest absolute Gasteiger partial charge is 0.229 e. The standard InChI is InChI=1S/C38H58N6O2/c1-26-22-31-29-9-8-27-23-28(45)10-12-37(27,2)30(29)11-13-38(31,3)35(26)32(46)25-41-18-20-43(21-19-41)34-24-33(42-14-4-5-15-42)39-36(40-34)44-16-6-7-17-44/h8,24,26,28-31,35,45H,4-7,9-23,25H2,1-3H3/t26-,28+,29-,30+,31+,35-,37+,38+/m1/s1. The van der Waals surface area contributed by atoms with E-state index in [4.69, 9.17) is 9.97 Å². The molecule has 8 heteroatoms. The topological polar surface area (TPSA) is 76.0 Å². The number of piperazine rings is 1. The molecule has 0 aromatic carbocycles. The van der Waals surface area contributed by atoms with Crippen molar-refractivity contribution in [2.45, 2.75) is 97.5 Å². The lowest BCUT2D eigenvalue weighted by atomic mass is 9.47. The minimum atomic E-state index is -0.152. The summed E-state index contributed by atoms with van der Waals surface area (Å²) in [4.78, 5) is 34.1. The van der Waals surface area contributed by atoms with Gasteiger partial charge in [-0.2, -0.15) is 9.97 Å². The number of hydrogen-bond donors (Lipinski definition) is 1. The van der Waals surface area contributed by atoms with Crippen molar-refractivity contribution in [3.63, 3.8) is 0 Å². The van der Waals surface area contributed by atoms with Crippen molar-refractivity contribution in [2.75, 3.05) is 73.6 Å². The molecule has 1 N–H and O–H groups in total. The van der Waals surface area contributed by atoms with E-state index in [1.54, 1.807) is 0 Å². The Kier molecular flexibility index (Phi) is 8.15. The summed E-state index contributed by atoms with van der Waals surface area (Å²) in [6.45, 7) is 15.9. The molecule has 6 fully saturated rings. The average Bonchev–Trinajstić information content (AvgIpc) is 3.83. The summed E-state index contributed by atoms with van der Waals surface area (Å²) >= 11 is 0. The Morgan fingerprint density at radius 1 is 0.870 bits per heavy atom. The summed E-state index contributed by atoms with van der Waals surface area (Å²) in [5.74, 6) is 6.24. The highest BCUT2D eigenvalue weighted by molar-refractivity contribution is 5.84. The fraction of sp³-hybridized carbons (Fsp3) is 0.816. The molecular weight excluding hydrogens is 572 g/mol. The Morgan fingerprint density at radius 2 is 1.52 bits per heavy atom. The van der Waals surface area contributed by atoms with E-state index >= 15 is 0 Å². The van der Waals surface area contributed by atoms with Crippen LogP contribution in [0.1, 0.15) is 91.4 Å². The van der Waals surface area contributed by atoms with Crippen LogP contribution in [0.15, 0.2) is 17.7 Å². The summed E-state index contributed by atoms with van der Waals surface area (Å²) < 4.78 is 0. The zero-order valence-electron chi connectivity index (χ0n) is 28.8. The van der Waals surface area contributed by atoms with Crippen LogP contribution in [-0.4, -0.2) is 90.8 Å². The molecule has 252 valence electrons. The van der Waals surface area contributed by atoms with Crippen molar-refractivity contribution in [1.29, 1.82) is 0 Å². The van der Waals surface area contributed by atoms with Crippen LogP contribution >= 0.6 is 0 Å². The van der Waals surface area contributed by atoms with Gasteiger partial charge in [0.15, 0.2) is 5.78 Å². The Balaban J connectivity index is 0.929. The summed E-state index contributed by atoms with van der Waals surface area (Å²) in [6, 6.07) is 2.22. The van der Waals surface area contributed by atoms with Crippen LogP contribution in [0.4, 0.5) is 17.6 Å². The monoisotopic (exact) mass is 630 g/mol. The van der Waals surface area contributed by atoms with Gasteiger partial charge in [0.05, 0.1) is 12.6 Å². The maximum absolute atomic E-state index is 14.3.